The molecule has 1 saturated heterocycles. The molecule has 1 heterocycles. The van der Waals surface area contributed by atoms with Crippen molar-refractivity contribution in [2.75, 3.05) is 32.4 Å². The minimum Gasteiger partial charge on any atom is -1.00 e. The highest BCUT2D eigenvalue weighted by Gasteiger charge is 2.45. The summed E-state index contributed by atoms with van der Waals surface area (Å²) in [5.74, 6) is 0.723. The number of hydrogen-bond donors (Lipinski definition) is 5. The van der Waals surface area contributed by atoms with Crippen LogP contribution in [0.15, 0.2) is 0 Å². The highest BCUT2D eigenvalue weighted by molar-refractivity contribution is 7.80. The van der Waals surface area contributed by atoms with Gasteiger partial charge in [0.15, 0.2) is 5.40 Å². The van der Waals surface area contributed by atoms with Crippen molar-refractivity contribution in [1.29, 1.82) is 0 Å². The average molecular weight is 384 g/mol. The van der Waals surface area contributed by atoms with Gasteiger partial charge in [0.2, 0.25) is 0 Å². The molecule has 0 aromatic heterocycles. The average Bonchev–Trinajstić information content (AvgIpc) is 2.25. The van der Waals surface area contributed by atoms with E-state index >= 15 is 0 Å². The summed E-state index contributed by atoms with van der Waals surface area (Å²) >= 11 is 4.22. The molecule has 4 N–H and O–H groups in total. The first kappa shape index (κ1) is 21.9. The maximum absolute atomic E-state index is 11.3. The highest BCUT2D eigenvalue weighted by Crippen LogP contribution is 2.62. The fourth-order valence-corrected chi connectivity index (χ4v) is 5.91. The monoisotopic (exact) mass is 383 g/mol. The normalized spacial score (nSPS) is 27.5. The van der Waals surface area contributed by atoms with Gasteiger partial charge in [0.25, 0.3) is 0 Å². The Labute approximate surface area is 136 Å². The van der Waals surface area contributed by atoms with Crippen molar-refractivity contribution in [2.45, 2.75) is 24.7 Å². The second kappa shape index (κ2) is 8.13. The van der Waals surface area contributed by atoms with Crippen LogP contribution in [0, 0.1) is 5.92 Å². The Hall–Kier alpha value is 0.900. The standard InChI is InChI=1S/C10H23NO6P2S.ClH/c1-11(6-7-20)4-2-9(3-5-11)8-10(18(12,13)14)19(15,16)17;/h9-10H,2-8H2,1H3,(H4-,12,13,14,15,16,17,20);1H. The van der Waals surface area contributed by atoms with Crippen molar-refractivity contribution in [2.24, 2.45) is 5.92 Å². The Kier molecular flexibility index (Phi) is 8.48. The van der Waals surface area contributed by atoms with E-state index in [0.29, 0.717) is 0 Å². The molecule has 0 aromatic carbocycles. The zero-order chi connectivity index (χ0) is 15.6. The van der Waals surface area contributed by atoms with Crippen LogP contribution in [0.1, 0.15) is 19.3 Å². The van der Waals surface area contributed by atoms with Crippen LogP contribution in [0.2, 0.25) is 0 Å². The quantitative estimate of drug-likeness (QED) is 0.203. The summed E-state index contributed by atoms with van der Waals surface area (Å²) in [6.45, 7) is 2.62. The molecule has 1 aliphatic heterocycles. The van der Waals surface area contributed by atoms with Crippen LogP contribution < -0.4 is 12.4 Å². The molecular weight excluding hydrogens is 360 g/mol. The maximum Gasteiger partial charge on any atom is 0.340 e. The van der Waals surface area contributed by atoms with Crippen molar-refractivity contribution in [3.8, 4) is 0 Å². The largest absolute Gasteiger partial charge is 1.00 e. The molecule has 11 heteroatoms. The van der Waals surface area contributed by atoms with Crippen LogP contribution in [0.25, 0.3) is 0 Å². The van der Waals surface area contributed by atoms with Gasteiger partial charge in [-0.1, -0.05) is 0 Å². The molecule has 7 nitrogen and oxygen atoms in total. The summed E-state index contributed by atoms with van der Waals surface area (Å²) in [5, 5.41) is -1.86. The minimum absolute atomic E-state index is 0. The third kappa shape index (κ3) is 6.90. The third-order valence-electron chi connectivity index (χ3n) is 4.11. The van der Waals surface area contributed by atoms with Crippen molar-refractivity contribution in [1.82, 2.24) is 0 Å². The van der Waals surface area contributed by atoms with Gasteiger partial charge in [-0.2, -0.15) is 12.6 Å². The molecule has 128 valence electrons. The molecule has 0 saturated carbocycles. The molecule has 0 aliphatic carbocycles. The fourth-order valence-electron chi connectivity index (χ4n) is 2.71. The molecule has 0 radical (unpaired) electrons. The topological polar surface area (TPSA) is 115 Å². The number of thiol groups is 1. The zero-order valence-electron chi connectivity index (χ0n) is 11.9. The lowest BCUT2D eigenvalue weighted by Crippen LogP contribution is -3.00. The Morgan fingerprint density at radius 2 is 1.57 bits per heavy atom. The lowest BCUT2D eigenvalue weighted by Gasteiger charge is -2.41. The Bertz CT molecular complexity index is 398. The molecule has 21 heavy (non-hydrogen) atoms. The number of rotatable bonds is 6. The van der Waals surface area contributed by atoms with Crippen LogP contribution in [-0.4, -0.2) is 61.9 Å². The van der Waals surface area contributed by atoms with Gasteiger partial charge < -0.3 is 36.5 Å². The third-order valence-corrected chi connectivity index (χ3v) is 8.09. The van der Waals surface area contributed by atoms with Gasteiger partial charge in [-0.3, -0.25) is 9.13 Å². The van der Waals surface area contributed by atoms with E-state index in [1.165, 1.54) is 0 Å². The SMILES string of the molecule is C[N+]1(CCS)CCC(CC(P(=O)(O)O)P(=O)(O)O)CC1.[Cl-]. The van der Waals surface area contributed by atoms with Crippen LogP contribution in [0.3, 0.4) is 0 Å². The van der Waals surface area contributed by atoms with Crippen molar-refractivity contribution < 1.29 is 45.6 Å². The lowest BCUT2D eigenvalue weighted by atomic mass is 9.93. The van der Waals surface area contributed by atoms with Gasteiger partial charge >= 0.3 is 15.2 Å². The molecule has 0 bridgehead atoms. The summed E-state index contributed by atoms with van der Waals surface area (Å²) in [4.78, 5) is 36.5. The number of likely N-dealkylation sites (tertiary alicyclic amines) is 1. The predicted molar refractivity (Wildman–Crippen MR) is 79.9 cm³/mol. The van der Waals surface area contributed by atoms with Gasteiger partial charge in [-0.25, -0.2) is 0 Å². The predicted octanol–water partition coefficient (Wildman–Crippen LogP) is -2.15. The van der Waals surface area contributed by atoms with Gasteiger partial charge in [0.05, 0.1) is 26.7 Å². The van der Waals surface area contributed by atoms with Crippen molar-refractivity contribution >= 4 is 27.8 Å². The van der Waals surface area contributed by atoms with Crippen molar-refractivity contribution in [3.05, 3.63) is 0 Å². The zero-order valence-corrected chi connectivity index (χ0v) is 15.3. The molecule has 0 spiro atoms. The lowest BCUT2D eigenvalue weighted by molar-refractivity contribution is -0.912. The molecule has 0 amide bonds. The van der Waals surface area contributed by atoms with Crippen molar-refractivity contribution in [3.63, 3.8) is 0 Å². The number of nitrogens with zero attached hydrogens (tertiary/aromatic N) is 1. The molecule has 1 fully saturated rings. The van der Waals surface area contributed by atoms with E-state index in [1.54, 1.807) is 0 Å². The van der Waals surface area contributed by atoms with Gasteiger partial charge in [-0.15, -0.1) is 0 Å². The van der Waals surface area contributed by atoms with E-state index in [-0.39, 0.29) is 24.7 Å². The summed E-state index contributed by atoms with van der Waals surface area (Å²) in [6, 6.07) is 0. The van der Waals surface area contributed by atoms with E-state index in [2.05, 4.69) is 19.7 Å². The summed E-state index contributed by atoms with van der Waals surface area (Å²) in [5.41, 5.74) is 0. The molecule has 0 unspecified atom stereocenters. The van der Waals surface area contributed by atoms with E-state index in [1.807, 2.05) is 0 Å². The van der Waals surface area contributed by atoms with Gasteiger partial charge in [0, 0.05) is 5.75 Å². The summed E-state index contributed by atoms with van der Waals surface area (Å²) in [7, 11) is -7.47. The van der Waals surface area contributed by atoms with Crippen LogP contribution in [0.4, 0.5) is 0 Å². The second-order valence-electron chi connectivity index (χ2n) is 5.85. The Morgan fingerprint density at radius 1 is 1.14 bits per heavy atom. The highest BCUT2D eigenvalue weighted by atomic mass is 35.5. The molecule has 1 rings (SSSR count). The number of piperidine rings is 1. The molecule has 0 aromatic rings. The number of halogens is 1. The van der Waals surface area contributed by atoms with Crippen LogP contribution in [-0.2, 0) is 9.13 Å². The summed E-state index contributed by atoms with van der Waals surface area (Å²) in [6.07, 6.45) is 1.33. The Balaban J connectivity index is 0.00000400. The molecule has 1 aliphatic rings. The van der Waals surface area contributed by atoms with E-state index in [0.717, 1.165) is 42.7 Å². The fraction of sp³-hybridized carbons (Fsp3) is 1.00. The first-order valence-corrected chi connectivity index (χ1v) is 10.5. The second-order valence-corrected chi connectivity index (χ2v) is 10.3. The minimum atomic E-state index is -4.79. The van der Waals surface area contributed by atoms with Crippen LogP contribution in [0.5, 0.6) is 0 Å². The smallest absolute Gasteiger partial charge is 0.340 e. The van der Waals surface area contributed by atoms with Gasteiger partial charge in [0.1, 0.15) is 0 Å². The van der Waals surface area contributed by atoms with E-state index in [4.69, 9.17) is 19.6 Å². The Morgan fingerprint density at radius 3 is 1.90 bits per heavy atom. The van der Waals surface area contributed by atoms with Crippen LogP contribution >= 0.6 is 27.8 Å². The molecule has 0 atom stereocenters. The maximum atomic E-state index is 11.3. The van der Waals surface area contributed by atoms with E-state index in [9.17, 15) is 9.13 Å². The summed E-state index contributed by atoms with van der Waals surface area (Å²) < 4.78 is 23.4. The number of hydrogen-bond acceptors (Lipinski definition) is 3. The first-order chi connectivity index (χ1) is 8.98. The first-order valence-electron chi connectivity index (χ1n) is 6.53. The van der Waals surface area contributed by atoms with Gasteiger partial charge in [-0.05, 0) is 25.2 Å². The molecular formula is C10H24ClNO6P2S. The number of quaternary nitrogens is 1. The van der Waals surface area contributed by atoms with E-state index < -0.39 is 20.6 Å².